The summed E-state index contributed by atoms with van der Waals surface area (Å²) in [6.07, 6.45) is -15.9. The van der Waals surface area contributed by atoms with E-state index in [2.05, 4.69) is 0 Å². The van der Waals surface area contributed by atoms with Crippen LogP contribution in [0.2, 0.25) is 0 Å². The third kappa shape index (κ3) is 6.08. The number of ketones is 1. The van der Waals surface area contributed by atoms with Crippen LogP contribution in [0.15, 0.2) is 30.3 Å². The average molecular weight is 611 g/mol. The zero-order valence-corrected chi connectivity index (χ0v) is 23.1. The Morgan fingerprint density at radius 3 is 2.23 bits per heavy atom. The highest BCUT2D eigenvalue weighted by molar-refractivity contribution is 6.02. The topological polar surface area (TPSA) is 234 Å². The molecule has 2 aromatic rings. The highest BCUT2D eigenvalue weighted by atomic mass is 16.7. The molecule has 5 rings (SSSR count). The molecule has 8 N–H and O–H groups in total. The van der Waals surface area contributed by atoms with Gasteiger partial charge in [0.25, 0.3) is 0 Å². The van der Waals surface area contributed by atoms with Gasteiger partial charge in [-0.3, -0.25) is 4.79 Å². The maximum Gasteiger partial charge on any atom is 0.229 e. The standard InChI is InChI=1S/C28H34O15/c1-10-21(32)23(34)25(36)27(40-10)39-9-19-22(33)24(35)26(37)28(43-19)41-12-6-14(30)20-15(31)8-17(42-18(20)7-12)11-3-4-16(38-2)13(29)5-11/h3-7,10,17,19,21-30,32-37H,8-9H2,1-2H3/t10?,17-,19?,21-,22?,23?,24?,25?,26?,27+,28?/m0/s1. The maximum atomic E-state index is 12.9. The summed E-state index contributed by atoms with van der Waals surface area (Å²) in [7, 11) is 1.39. The minimum atomic E-state index is -1.77. The fourth-order valence-corrected chi connectivity index (χ4v) is 5.20. The fourth-order valence-electron chi connectivity index (χ4n) is 5.20. The normalized spacial score (nSPS) is 36.0. The van der Waals surface area contributed by atoms with E-state index in [-0.39, 0.29) is 35.0 Å². The number of aliphatic hydroxyl groups excluding tert-OH is 6. The van der Waals surface area contributed by atoms with Gasteiger partial charge in [-0.1, -0.05) is 6.07 Å². The Morgan fingerprint density at radius 1 is 0.837 bits per heavy atom. The van der Waals surface area contributed by atoms with Gasteiger partial charge in [-0.2, -0.15) is 0 Å². The number of phenolic OH excluding ortho intramolecular Hbond substituents is 2. The second kappa shape index (κ2) is 12.4. The van der Waals surface area contributed by atoms with E-state index in [0.717, 1.165) is 6.07 Å². The Balaban J connectivity index is 1.30. The van der Waals surface area contributed by atoms with Crippen molar-refractivity contribution in [3.63, 3.8) is 0 Å². The predicted octanol–water partition coefficient (Wildman–Crippen LogP) is -1.16. The molecule has 15 heteroatoms. The third-order valence-electron chi connectivity index (χ3n) is 7.70. The van der Waals surface area contributed by atoms with E-state index in [1.54, 1.807) is 6.07 Å². The molecule has 2 aromatic carbocycles. The van der Waals surface area contributed by atoms with Gasteiger partial charge in [0.05, 0.1) is 26.2 Å². The number of aliphatic hydroxyl groups is 6. The highest BCUT2D eigenvalue weighted by Crippen LogP contribution is 2.43. The molecular weight excluding hydrogens is 576 g/mol. The Bertz CT molecular complexity index is 1320. The Kier molecular flexibility index (Phi) is 8.99. The van der Waals surface area contributed by atoms with Crippen molar-refractivity contribution in [3.05, 3.63) is 41.5 Å². The molecular formula is C28H34O15. The summed E-state index contributed by atoms with van der Waals surface area (Å²) in [6.45, 7) is 0.964. The zero-order valence-electron chi connectivity index (χ0n) is 23.1. The predicted molar refractivity (Wildman–Crippen MR) is 141 cm³/mol. The largest absolute Gasteiger partial charge is 0.507 e. The van der Waals surface area contributed by atoms with Crippen molar-refractivity contribution in [2.75, 3.05) is 13.7 Å². The smallest absolute Gasteiger partial charge is 0.229 e. The van der Waals surface area contributed by atoms with E-state index >= 15 is 0 Å². The Labute approximate surface area is 245 Å². The van der Waals surface area contributed by atoms with E-state index in [4.69, 9.17) is 28.4 Å². The van der Waals surface area contributed by atoms with Gasteiger partial charge in [0.1, 0.15) is 71.6 Å². The molecule has 0 aromatic heterocycles. The van der Waals surface area contributed by atoms with Crippen LogP contribution in [0.25, 0.3) is 0 Å². The quantitative estimate of drug-likeness (QED) is 0.185. The number of Topliss-reactive ketones (excluding diaryl/α,β-unsaturated/α-hetero) is 1. The van der Waals surface area contributed by atoms with E-state index < -0.39 is 85.7 Å². The van der Waals surface area contributed by atoms with Crippen LogP contribution in [0.3, 0.4) is 0 Å². The van der Waals surface area contributed by atoms with E-state index in [1.165, 1.54) is 32.2 Å². The van der Waals surface area contributed by atoms with Crippen molar-refractivity contribution in [2.24, 2.45) is 0 Å². The average Bonchev–Trinajstić information content (AvgIpc) is 2.97. The molecule has 0 radical (unpaired) electrons. The lowest BCUT2D eigenvalue weighted by molar-refractivity contribution is -0.318. The second-order valence-electron chi connectivity index (χ2n) is 10.6. The number of methoxy groups -OCH3 is 1. The minimum Gasteiger partial charge on any atom is -0.507 e. The molecule has 3 aliphatic heterocycles. The van der Waals surface area contributed by atoms with Gasteiger partial charge in [-0.15, -0.1) is 0 Å². The summed E-state index contributed by atoms with van der Waals surface area (Å²) in [6, 6.07) is 6.90. The number of fused-ring (bicyclic) bond motifs is 1. The maximum absolute atomic E-state index is 12.9. The summed E-state index contributed by atoms with van der Waals surface area (Å²) in [5.41, 5.74) is 0.373. The first kappa shape index (κ1) is 31.2. The highest BCUT2D eigenvalue weighted by Gasteiger charge is 2.47. The van der Waals surface area contributed by atoms with Crippen molar-refractivity contribution in [2.45, 2.75) is 80.9 Å². The summed E-state index contributed by atoms with van der Waals surface area (Å²) in [4.78, 5) is 12.9. The molecule has 8 unspecified atom stereocenters. The van der Waals surface area contributed by atoms with Gasteiger partial charge in [0.15, 0.2) is 23.6 Å². The van der Waals surface area contributed by atoms with E-state index in [0.29, 0.717) is 5.56 Å². The van der Waals surface area contributed by atoms with Crippen LogP contribution >= 0.6 is 0 Å². The van der Waals surface area contributed by atoms with Gasteiger partial charge in [-0.05, 0) is 24.6 Å². The van der Waals surface area contributed by atoms with Crippen LogP contribution < -0.4 is 14.2 Å². The third-order valence-corrected chi connectivity index (χ3v) is 7.70. The Morgan fingerprint density at radius 2 is 1.53 bits per heavy atom. The van der Waals surface area contributed by atoms with Crippen molar-refractivity contribution >= 4 is 5.78 Å². The first-order valence-electron chi connectivity index (χ1n) is 13.5. The van der Waals surface area contributed by atoms with Crippen LogP contribution in [-0.4, -0.2) is 122 Å². The molecule has 43 heavy (non-hydrogen) atoms. The molecule has 15 nitrogen and oxygen atoms in total. The molecule has 2 saturated heterocycles. The summed E-state index contributed by atoms with van der Waals surface area (Å²) >= 11 is 0. The first-order valence-corrected chi connectivity index (χ1v) is 13.5. The molecule has 3 aliphatic rings. The number of ether oxygens (including phenoxy) is 6. The van der Waals surface area contributed by atoms with Gasteiger partial charge in [0.2, 0.25) is 6.29 Å². The van der Waals surface area contributed by atoms with Crippen LogP contribution in [0.4, 0.5) is 0 Å². The SMILES string of the molecule is COc1ccc([C@@H]2CC(=O)c3c(O)cc(OC4OC(CO[C@@H]5OC(C)[C@H](O)C(O)C5O)C(O)C(O)C4O)cc3O2)cc1O. The molecule has 0 spiro atoms. The number of carbonyl (C=O) groups is 1. The van der Waals surface area contributed by atoms with Gasteiger partial charge >= 0.3 is 0 Å². The zero-order chi connectivity index (χ0) is 31.2. The van der Waals surface area contributed by atoms with Crippen molar-refractivity contribution < 1.29 is 74.1 Å². The number of carbonyl (C=O) groups excluding carboxylic acids is 1. The molecule has 236 valence electrons. The molecule has 11 atom stereocenters. The fraction of sp³-hybridized carbons (Fsp3) is 0.536. The number of benzene rings is 2. The van der Waals surface area contributed by atoms with E-state index in [1.807, 2.05) is 0 Å². The lowest BCUT2D eigenvalue weighted by Crippen LogP contribution is -2.61. The van der Waals surface area contributed by atoms with Crippen LogP contribution in [0, 0.1) is 0 Å². The number of aromatic hydroxyl groups is 2. The molecule has 3 heterocycles. The molecule has 0 saturated carbocycles. The molecule has 0 amide bonds. The van der Waals surface area contributed by atoms with Crippen molar-refractivity contribution in [1.29, 1.82) is 0 Å². The molecule has 2 fully saturated rings. The van der Waals surface area contributed by atoms with Gasteiger partial charge in [0, 0.05) is 12.1 Å². The first-order chi connectivity index (χ1) is 20.4. The van der Waals surface area contributed by atoms with Crippen LogP contribution in [-0.2, 0) is 14.2 Å². The number of hydrogen-bond acceptors (Lipinski definition) is 15. The van der Waals surface area contributed by atoms with Gasteiger partial charge < -0.3 is 69.3 Å². The lowest BCUT2D eigenvalue weighted by Gasteiger charge is -2.42. The second-order valence-corrected chi connectivity index (χ2v) is 10.6. The van der Waals surface area contributed by atoms with Crippen molar-refractivity contribution in [3.8, 4) is 28.7 Å². The van der Waals surface area contributed by atoms with Crippen LogP contribution in [0.5, 0.6) is 28.7 Å². The van der Waals surface area contributed by atoms with Gasteiger partial charge in [-0.25, -0.2) is 0 Å². The number of phenols is 2. The number of rotatable bonds is 7. The lowest BCUT2D eigenvalue weighted by atomic mass is 9.95. The summed E-state index contributed by atoms with van der Waals surface area (Å²) in [5.74, 6) is -0.999. The Hall–Kier alpha value is -3.25. The van der Waals surface area contributed by atoms with Crippen molar-refractivity contribution in [1.82, 2.24) is 0 Å². The molecule has 0 aliphatic carbocycles. The van der Waals surface area contributed by atoms with Crippen LogP contribution in [0.1, 0.15) is 35.4 Å². The minimum absolute atomic E-state index is 0.0457. The van der Waals surface area contributed by atoms with E-state index in [9.17, 15) is 45.6 Å². The monoisotopic (exact) mass is 610 g/mol. The summed E-state index contributed by atoms with van der Waals surface area (Å²) in [5, 5.41) is 82.2. The summed E-state index contributed by atoms with van der Waals surface area (Å²) < 4.78 is 33.1. The number of hydrogen-bond donors (Lipinski definition) is 8. The molecule has 0 bridgehead atoms.